The number of amides is 1. The highest BCUT2D eigenvalue weighted by Crippen LogP contribution is 2.21. The van der Waals surface area contributed by atoms with Gasteiger partial charge in [0.05, 0.1) is 6.10 Å². The molecule has 1 aromatic rings. The molecule has 0 saturated carbocycles. The maximum Gasteiger partial charge on any atom is 0.251 e. The summed E-state index contributed by atoms with van der Waals surface area (Å²) in [5.41, 5.74) is 6.91. The number of carbonyl (C=O) groups excluding carboxylic acids is 1. The molecular formula is C13H17BrN2O2. The smallest absolute Gasteiger partial charge is 0.251 e. The van der Waals surface area contributed by atoms with E-state index in [0.29, 0.717) is 23.7 Å². The first kappa shape index (κ1) is 13.4. The molecule has 1 heterocycles. The summed E-state index contributed by atoms with van der Waals surface area (Å²) >= 11 is 3.31. The van der Waals surface area contributed by atoms with Gasteiger partial charge >= 0.3 is 0 Å². The van der Waals surface area contributed by atoms with Gasteiger partial charge in [-0.3, -0.25) is 4.79 Å². The zero-order valence-electron chi connectivity index (χ0n) is 10.3. The Hall–Kier alpha value is -1.07. The van der Waals surface area contributed by atoms with Crippen LogP contribution in [0, 0.1) is 5.92 Å². The van der Waals surface area contributed by atoms with Crippen molar-refractivity contribution in [1.82, 2.24) is 5.32 Å². The molecule has 0 spiro atoms. The lowest BCUT2D eigenvalue weighted by Gasteiger charge is -2.14. The zero-order valence-corrected chi connectivity index (χ0v) is 11.9. The minimum atomic E-state index is -0.0895. The van der Waals surface area contributed by atoms with Crippen LogP contribution in [0.15, 0.2) is 22.7 Å². The Labute approximate surface area is 115 Å². The Morgan fingerprint density at radius 3 is 3.00 bits per heavy atom. The number of rotatable bonds is 3. The second-order valence-electron chi connectivity index (χ2n) is 4.57. The van der Waals surface area contributed by atoms with Crippen molar-refractivity contribution in [2.45, 2.75) is 19.4 Å². The molecular weight excluding hydrogens is 296 g/mol. The number of nitrogen functional groups attached to an aromatic ring is 1. The normalized spacial score (nSPS) is 23.0. The second kappa shape index (κ2) is 5.71. The lowest BCUT2D eigenvalue weighted by atomic mass is 10.0. The Bertz CT molecular complexity index is 451. The number of carbonyl (C=O) groups is 1. The third-order valence-electron chi connectivity index (χ3n) is 3.32. The summed E-state index contributed by atoms with van der Waals surface area (Å²) in [6.45, 7) is 3.48. The van der Waals surface area contributed by atoms with Gasteiger partial charge in [0.25, 0.3) is 5.91 Å². The molecule has 18 heavy (non-hydrogen) atoms. The number of hydrogen-bond acceptors (Lipinski definition) is 3. The molecule has 1 amide bonds. The van der Waals surface area contributed by atoms with E-state index < -0.39 is 0 Å². The molecule has 1 fully saturated rings. The van der Waals surface area contributed by atoms with Crippen LogP contribution in [-0.4, -0.2) is 25.2 Å². The number of anilines is 1. The van der Waals surface area contributed by atoms with E-state index in [4.69, 9.17) is 10.5 Å². The van der Waals surface area contributed by atoms with Crippen LogP contribution in [0.3, 0.4) is 0 Å². The minimum absolute atomic E-state index is 0.0895. The summed E-state index contributed by atoms with van der Waals surface area (Å²) in [7, 11) is 0. The van der Waals surface area contributed by atoms with Crippen molar-refractivity contribution in [2.75, 3.05) is 18.9 Å². The molecule has 2 rings (SSSR count). The van der Waals surface area contributed by atoms with E-state index in [2.05, 4.69) is 21.2 Å². The van der Waals surface area contributed by atoms with Gasteiger partial charge in [0, 0.05) is 34.8 Å². The highest BCUT2D eigenvalue weighted by molar-refractivity contribution is 9.10. The van der Waals surface area contributed by atoms with E-state index in [0.717, 1.165) is 17.5 Å². The van der Waals surface area contributed by atoms with Crippen molar-refractivity contribution in [2.24, 2.45) is 5.92 Å². The quantitative estimate of drug-likeness (QED) is 0.841. The van der Waals surface area contributed by atoms with Crippen LogP contribution in [0.4, 0.5) is 5.69 Å². The summed E-state index contributed by atoms with van der Waals surface area (Å²) in [4.78, 5) is 11.9. The molecule has 2 unspecified atom stereocenters. The molecule has 1 aliphatic heterocycles. The van der Waals surface area contributed by atoms with Crippen LogP contribution in [0.5, 0.6) is 0 Å². The fourth-order valence-corrected chi connectivity index (χ4v) is 2.30. The van der Waals surface area contributed by atoms with Gasteiger partial charge in [-0.2, -0.15) is 0 Å². The summed E-state index contributed by atoms with van der Waals surface area (Å²) in [6, 6.07) is 5.21. The molecule has 2 atom stereocenters. The molecule has 4 nitrogen and oxygen atoms in total. The zero-order chi connectivity index (χ0) is 13.1. The van der Waals surface area contributed by atoms with Crippen LogP contribution in [0.1, 0.15) is 23.7 Å². The molecule has 0 radical (unpaired) electrons. The van der Waals surface area contributed by atoms with Crippen LogP contribution in [-0.2, 0) is 4.74 Å². The lowest BCUT2D eigenvalue weighted by molar-refractivity contribution is 0.0907. The molecule has 0 aliphatic carbocycles. The van der Waals surface area contributed by atoms with Crippen molar-refractivity contribution in [3.05, 3.63) is 28.2 Å². The SMILES string of the molecule is CC1OCCC1CNC(=O)c1ccc(Br)c(N)c1. The Kier molecular flexibility index (Phi) is 4.24. The predicted molar refractivity (Wildman–Crippen MR) is 74.4 cm³/mol. The van der Waals surface area contributed by atoms with E-state index in [1.54, 1.807) is 18.2 Å². The number of nitrogens with two attached hydrogens (primary N) is 1. The fourth-order valence-electron chi connectivity index (χ4n) is 2.05. The molecule has 5 heteroatoms. The van der Waals surface area contributed by atoms with Crippen molar-refractivity contribution in [1.29, 1.82) is 0 Å². The van der Waals surface area contributed by atoms with Crippen LogP contribution in [0.2, 0.25) is 0 Å². The summed E-state index contributed by atoms with van der Waals surface area (Å²) < 4.78 is 6.26. The van der Waals surface area contributed by atoms with Gasteiger partial charge in [0.1, 0.15) is 0 Å². The first-order valence-corrected chi connectivity index (χ1v) is 6.82. The molecule has 1 aromatic carbocycles. The van der Waals surface area contributed by atoms with Crippen molar-refractivity contribution < 1.29 is 9.53 Å². The van der Waals surface area contributed by atoms with Crippen molar-refractivity contribution >= 4 is 27.5 Å². The van der Waals surface area contributed by atoms with E-state index in [9.17, 15) is 4.79 Å². The third-order valence-corrected chi connectivity index (χ3v) is 4.04. The van der Waals surface area contributed by atoms with Gasteiger partial charge in [0.15, 0.2) is 0 Å². The van der Waals surface area contributed by atoms with Gasteiger partial charge in [-0.15, -0.1) is 0 Å². The molecule has 0 aromatic heterocycles. The second-order valence-corrected chi connectivity index (χ2v) is 5.43. The number of halogens is 1. The summed E-state index contributed by atoms with van der Waals surface area (Å²) in [5, 5.41) is 2.93. The molecule has 98 valence electrons. The maximum atomic E-state index is 11.9. The van der Waals surface area contributed by atoms with E-state index >= 15 is 0 Å². The lowest BCUT2D eigenvalue weighted by Crippen LogP contribution is -2.31. The predicted octanol–water partition coefficient (Wildman–Crippen LogP) is 2.19. The average Bonchev–Trinajstić information content (AvgIpc) is 2.75. The van der Waals surface area contributed by atoms with Gasteiger partial charge in [-0.25, -0.2) is 0 Å². The highest BCUT2D eigenvalue weighted by atomic mass is 79.9. The highest BCUT2D eigenvalue weighted by Gasteiger charge is 2.24. The van der Waals surface area contributed by atoms with Crippen LogP contribution in [0.25, 0.3) is 0 Å². The largest absolute Gasteiger partial charge is 0.398 e. The van der Waals surface area contributed by atoms with Crippen LogP contribution >= 0.6 is 15.9 Å². The summed E-state index contributed by atoms with van der Waals surface area (Å²) in [5.74, 6) is 0.315. The standard InChI is InChI=1S/C13H17BrN2O2/c1-8-10(4-5-18-8)7-16-13(17)9-2-3-11(14)12(15)6-9/h2-3,6,8,10H,4-5,7,15H2,1H3,(H,16,17). The number of hydrogen-bond donors (Lipinski definition) is 2. The van der Waals surface area contributed by atoms with Gasteiger partial charge in [0.2, 0.25) is 0 Å². The average molecular weight is 313 g/mol. The first-order chi connectivity index (χ1) is 8.58. The number of benzene rings is 1. The number of ether oxygens (including phenoxy) is 1. The Morgan fingerprint density at radius 1 is 1.61 bits per heavy atom. The van der Waals surface area contributed by atoms with Gasteiger partial charge < -0.3 is 15.8 Å². The Balaban J connectivity index is 1.93. The van der Waals surface area contributed by atoms with E-state index in [1.807, 2.05) is 6.92 Å². The first-order valence-electron chi connectivity index (χ1n) is 6.02. The molecule has 1 aliphatic rings. The number of nitrogens with one attached hydrogen (secondary N) is 1. The molecule has 3 N–H and O–H groups in total. The van der Waals surface area contributed by atoms with E-state index in [1.165, 1.54) is 0 Å². The topological polar surface area (TPSA) is 64.3 Å². The van der Waals surface area contributed by atoms with Gasteiger partial charge in [-0.1, -0.05) is 0 Å². The van der Waals surface area contributed by atoms with E-state index in [-0.39, 0.29) is 12.0 Å². The van der Waals surface area contributed by atoms with Crippen LogP contribution < -0.4 is 11.1 Å². The molecule has 1 saturated heterocycles. The van der Waals surface area contributed by atoms with Crippen molar-refractivity contribution in [3.63, 3.8) is 0 Å². The fraction of sp³-hybridized carbons (Fsp3) is 0.462. The molecule has 0 bridgehead atoms. The van der Waals surface area contributed by atoms with Crippen molar-refractivity contribution in [3.8, 4) is 0 Å². The summed E-state index contributed by atoms with van der Waals surface area (Å²) in [6.07, 6.45) is 1.23. The maximum absolute atomic E-state index is 11.9. The monoisotopic (exact) mass is 312 g/mol. The Morgan fingerprint density at radius 2 is 2.39 bits per heavy atom. The minimum Gasteiger partial charge on any atom is -0.398 e. The third kappa shape index (κ3) is 3.03. The van der Waals surface area contributed by atoms with Gasteiger partial charge in [-0.05, 0) is 47.5 Å².